The Kier molecular flexibility index (Phi) is 5.36. The van der Waals surface area contributed by atoms with Crippen molar-refractivity contribution in [1.29, 1.82) is 0 Å². The van der Waals surface area contributed by atoms with Gasteiger partial charge in [0, 0.05) is 11.6 Å². The van der Waals surface area contributed by atoms with Crippen LogP contribution in [0.2, 0.25) is 5.02 Å². The number of hydrogen-bond donors (Lipinski definition) is 1. The minimum Gasteiger partial charge on any atom is -0.453 e. The van der Waals surface area contributed by atoms with E-state index in [0.29, 0.717) is 0 Å². The Balaban J connectivity index is 2.47. The van der Waals surface area contributed by atoms with Gasteiger partial charge in [0.2, 0.25) is 0 Å². The molecule has 0 bridgehead atoms. The predicted octanol–water partition coefficient (Wildman–Crippen LogP) is 6.27. The summed E-state index contributed by atoms with van der Waals surface area (Å²) in [4.78, 5) is 10.7. The van der Waals surface area contributed by atoms with Gasteiger partial charge in [-0.05, 0) is 45.0 Å². The Labute approximate surface area is 152 Å². The van der Waals surface area contributed by atoms with Crippen LogP contribution in [0.25, 0.3) is 0 Å². The maximum absolute atomic E-state index is 12.7. The number of benzene rings is 2. The summed E-state index contributed by atoms with van der Waals surface area (Å²) in [6.45, 7) is 5.41. The monoisotopic (exact) mass is 388 g/mol. The summed E-state index contributed by atoms with van der Waals surface area (Å²) in [5, 5.41) is 14.0. The smallest absolute Gasteiger partial charge is 0.416 e. The van der Waals surface area contributed by atoms with Crippen molar-refractivity contribution in [2.75, 3.05) is 5.32 Å². The third-order valence-corrected chi connectivity index (χ3v) is 3.48. The largest absolute Gasteiger partial charge is 0.453 e. The third kappa shape index (κ3) is 4.78. The fourth-order valence-electron chi connectivity index (χ4n) is 2.14. The lowest BCUT2D eigenvalue weighted by atomic mass is 10.1. The van der Waals surface area contributed by atoms with Crippen molar-refractivity contribution in [3.63, 3.8) is 0 Å². The molecule has 0 aliphatic heterocycles. The number of nitrogens with one attached hydrogen (secondary N) is 1. The lowest BCUT2D eigenvalue weighted by Gasteiger charge is -2.24. The van der Waals surface area contributed by atoms with Crippen LogP contribution in [0.4, 0.5) is 24.5 Å². The Morgan fingerprint density at radius 3 is 2.27 bits per heavy atom. The Morgan fingerprint density at radius 1 is 1.12 bits per heavy atom. The van der Waals surface area contributed by atoms with Gasteiger partial charge in [-0.2, -0.15) is 13.2 Å². The number of halogens is 4. The van der Waals surface area contributed by atoms with E-state index >= 15 is 0 Å². The molecule has 0 aromatic heterocycles. The highest BCUT2D eigenvalue weighted by molar-refractivity contribution is 6.32. The molecule has 0 spiro atoms. The molecule has 9 heteroatoms. The molecule has 0 saturated heterocycles. The van der Waals surface area contributed by atoms with Gasteiger partial charge in [-0.15, -0.1) is 0 Å². The zero-order valence-electron chi connectivity index (χ0n) is 14.1. The van der Waals surface area contributed by atoms with Crippen molar-refractivity contribution in [2.24, 2.45) is 0 Å². The van der Waals surface area contributed by atoms with Crippen LogP contribution in [0.5, 0.6) is 11.5 Å². The van der Waals surface area contributed by atoms with Gasteiger partial charge in [-0.25, -0.2) is 0 Å². The van der Waals surface area contributed by atoms with Gasteiger partial charge in [0.15, 0.2) is 11.4 Å². The topological polar surface area (TPSA) is 64.4 Å². The van der Waals surface area contributed by atoms with E-state index in [4.69, 9.17) is 16.3 Å². The minimum absolute atomic E-state index is 0.0443. The van der Waals surface area contributed by atoms with Crippen molar-refractivity contribution in [3.8, 4) is 11.5 Å². The summed E-state index contributed by atoms with van der Waals surface area (Å²) in [7, 11) is 0. The number of rotatable bonds is 4. The van der Waals surface area contributed by atoms with Crippen molar-refractivity contribution in [1.82, 2.24) is 0 Å². The molecular weight excluding hydrogens is 373 g/mol. The first-order chi connectivity index (χ1) is 11.9. The molecule has 0 aliphatic carbocycles. The molecule has 0 fully saturated rings. The van der Waals surface area contributed by atoms with E-state index in [1.165, 1.54) is 18.2 Å². The zero-order chi connectivity index (χ0) is 19.7. The molecule has 0 atom stereocenters. The Morgan fingerprint density at radius 2 is 1.77 bits per heavy atom. The van der Waals surface area contributed by atoms with Gasteiger partial charge < -0.3 is 10.1 Å². The molecule has 2 aromatic carbocycles. The Bertz CT molecular complexity index is 833. The lowest BCUT2D eigenvalue weighted by Crippen LogP contribution is -2.26. The maximum Gasteiger partial charge on any atom is 0.416 e. The van der Waals surface area contributed by atoms with Gasteiger partial charge >= 0.3 is 6.18 Å². The molecule has 26 heavy (non-hydrogen) atoms. The van der Waals surface area contributed by atoms with E-state index in [9.17, 15) is 23.3 Å². The molecule has 0 amide bonds. The SMILES string of the molecule is CC(C)(C)Nc1c(Oc2ccc(C(F)(F)F)cc2Cl)cccc1[N+](=O)[O-]. The number of nitro groups is 1. The number of para-hydroxylation sites is 1. The number of nitrogens with zero attached hydrogens (tertiary/aromatic N) is 1. The standard InChI is InChI=1S/C17H16ClF3N2O3/c1-16(2,3)22-15-12(23(24)25)5-4-6-14(15)26-13-8-7-10(9-11(13)18)17(19,20)21/h4-9,22H,1-3H3. The quantitative estimate of drug-likeness (QED) is 0.495. The molecule has 5 nitrogen and oxygen atoms in total. The van der Waals surface area contributed by atoms with Crippen LogP contribution < -0.4 is 10.1 Å². The first-order valence-corrected chi connectivity index (χ1v) is 7.86. The van der Waals surface area contributed by atoms with Gasteiger partial charge in [-0.1, -0.05) is 17.7 Å². The summed E-state index contributed by atoms with van der Waals surface area (Å²) in [5.41, 5.74) is -1.54. The van der Waals surface area contributed by atoms with E-state index in [1.807, 2.05) is 0 Å². The van der Waals surface area contributed by atoms with Gasteiger partial charge in [0.1, 0.15) is 5.75 Å². The second-order valence-corrected chi connectivity index (χ2v) is 6.93. The molecule has 2 aromatic rings. The molecule has 0 saturated carbocycles. The molecule has 140 valence electrons. The summed E-state index contributed by atoms with van der Waals surface area (Å²) in [6, 6.07) is 6.83. The average Bonchev–Trinajstić information content (AvgIpc) is 2.48. The van der Waals surface area contributed by atoms with Gasteiger partial charge in [-0.3, -0.25) is 10.1 Å². The fourth-order valence-corrected chi connectivity index (χ4v) is 2.35. The first-order valence-electron chi connectivity index (χ1n) is 7.48. The molecule has 0 radical (unpaired) electrons. The zero-order valence-corrected chi connectivity index (χ0v) is 14.9. The maximum atomic E-state index is 12.7. The molecule has 2 rings (SSSR count). The average molecular weight is 389 g/mol. The number of anilines is 1. The van der Waals surface area contributed by atoms with Crippen molar-refractivity contribution in [2.45, 2.75) is 32.5 Å². The van der Waals surface area contributed by atoms with Crippen molar-refractivity contribution >= 4 is 23.0 Å². The van der Waals surface area contributed by atoms with Gasteiger partial charge in [0.05, 0.1) is 15.5 Å². The highest BCUT2D eigenvalue weighted by atomic mass is 35.5. The highest BCUT2D eigenvalue weighted by Crippen LogP contribution is 2.41. The fraction of sp³-hybridized carbons (Fsp3) is 0.294. The number of hydrogen-bond acceptors (Lipinski definition) is 4. The van der Waals surface area contributed by atoms with E-state index in [0.717, 1.165) is 18.2 Å². The van der Waals surface area contributed by atoms with Crippen molar-refractivity contribution in [3.05, 3.63) is 57.1 Å². The summed E-state index contributed by atoms with van der Waals surface area (Å²) < 4.78 is 43.8. The van der Waals surface area contributed by atoms with Crippen LogP contribution in [0.1, 0.15) is 26.3 Å². The Hall–Kier alpha value is -2.48. The second kappa shape index (κ2) is 7.03. The van der Waals surface area contributed by atoms with Crippen LogP contribution in [0.3, 0.4) is 0 Å². The highest BCUT2D eigenvalue weighted by Gasteiger charge is 2.31. The lowest BCUT2D eigenvalue weighted by molar-refractivity contribution is -0.384. The summed E-state index contributed by atoms with van der Waals surface area (Å²) in [5.74, 6) is 0.0351. The molecule has 0 aliphatic rings. The predicted molar refractivity (Wildman–Crippen MR) is 93.0 cm³/mol. The number of nitro benzene ring substituents is 1. The van der Waals surface area contributed by atoms with E-state index in [2.05, 4.69) is 5.32 Å². The number of alkyl halides is 3. The molecule has 0 unspecified atom stereocenters. The van der Waals surface area contributed by atoms with Crippen LogP contribution in [-0.2, 0) is 6.18 Å². The van der Waals surface area contributed by atoms with Crippen LogP contribution in [-0.4, -0.2) is 10.5 Å². The van der Waals surface area contributed by atoms with E-state index in [-0.39, 0.29) is 27.9 Å². The summed E-state index contributed by atoms with van der Waals surface area (Å²) >= 11 is 5.89. The molecule has 1 N–H and O–H groups in total. The third-order valence-electron chi connectivity index (χ3n) is 3.18. The number of ether oxygens (including phenoxy) is 1. The van der Waals surface area contributed by atoms with Crippen LogP contribution in [0.15, 0.2) is 36.4 Å². The normalized spacial score (nSPS) is 12.0. The second-order valence-electron chi connectivity index (χ2n) is 6.53. The molecule has 0 heterocycles. The summed E-state index contributed by atoms with van der Waals surface area (Å²) in [6.07, 6.45) is -4.54. The van der Waals surface area contributed by atoms with Crippen molar-refractivity contribution < 1.29 is 22.8 Å². The first kappa shape index (κ1) is 19.8. The van der Waals surface area contributed by atoms with Gasteiger partial charge in [0.25, 0.3) is 5.69 Å². The minimum atomic E-state index is -4.54. The van der Waals surface area contributed by atoms with E-state index in [1.54, 1.807) is 20.8 Å². The molecular formula is C17H16ClF3N2O3. The van der Waals surface area contributed by atoms with Crippen LogP contribution >= 0.6 is 11.6 Å². The van der Waals surface area contributed by atoms with E-state index < -0.39 is 22.2 Å². The van der Waals surface area contributed by atoms with Crippen LogP contribution in [0, 0.1) is 10.1 Å².